The first kappa shape index (κ1) is 21.6. The standard InChI is InChI=1S/C24H29FN6O2/c1-15-13-31-22(27-23(15)29-10-8-17(26)14-29)12-19(28-31)20-5-3-4-9-30(20)24(32)18-7-6-16(25)11-21(18)33-2/h6-7,11-13,17,20H,3-5,8-10,14,26H2,1-2H3. The van der Waals surface area contributed by atoms with Crippen molar-refractivity contribution >= 4 is 17.4 Å². The van der Waals surface area contributed by atoms with Crippen LogP contribution in [0, 0.1) is 12.7 Å². The molecule has 8 nitrogen and oxygen atoms in total. The van der Waals surface area contributed by atoms with Gasteiger partial charge in [-0.1, -0.05) is 0 Å². The molecule has 2 aliphatic rings. The third-order valence-electron chi connectivity index (χ3n) is 6.65. The Morgan fingerprint density at radius 2 is 2.06 bits per heavy atom. The maximum Gasteiger partial charge on any atom is 0.258 e. The number of aryl methyl sites for hydroxylation is 1. The minimum absolute atomic E-state index is 0.174. The number of hydrogen-bond donors (Lipinski definition) is 1. The second kappa shape index (κ2) is 8.62. The molecule has 0 spiro atoms. The van der Waals surface area contributed by atoms with Crippen molar-refractivity contribution in [1.82, 2.24) is 19.5 Å². The summed E-state index contributed by atoms with van der Waals surface area (Å²) in [4.78, 5) is 22.4. The van der Waals surface area contributed by atoms with E-state index in [1.54, 1.807) is 4.52 Å². The molecule has 3 aromatic rings. The number of fused-ring (bicyclic) bond motifs is 1. The predicted molar refractivity (Wildman–Crippen MR) is 123 cm³/mol. The van der Waals surface area contributed by atoms with Gasteiger partial charge in [-0.05, 0) is 44.7 Å². The highest BCUT2D eigenvalue weighted by molar-refractivity contribution is 5.97. The molecular weight excluding hydrogens is 423 g/mol. The Hall–Kier alpha value is -3.20. The van der Waals surface area contributed by atoms with Gasteiger partial charge in [0.25, 0.3) is 5.91 Å². The molecule has 0 saturated carbocycles. The summed E-state index contributed by atoms with van der Waals surface area (Å²) in [5, 5.41) is 4.79. The average Bonchev–Trinajstić information content (AvgIpc) is 3.43. The predicted octanol–water partition coefficient (Wildman–Crippen LogP) is 3.09. The van der Waals surface area contributed by atoms with Crippen LogP contribution in [0.3, 0.4) is 0 Å². The summed E-state index contributed by atoms with van der Waals surface area (Å²) in [5.74, 6) is 0.569. The third-order valence-corrected chi connectivity index (χ3v) is 6.65. The zero-order chi connectivity index (χ0) is 23.1. The number of piperidine rings is 1. The van der Waals surface area contributed by atoms with Crippen molar-refractivity contribution in [3.05, 3.63) is 53.1 Å². The number of methoxy groups -OCH3 is 1. The van der Waals surface area contributed by atoms with Gasteiger partial charge in [-0.2, -0.15) is 5.10 Å². The van der Waals surface area contributed by atoms with Crippen molar-refractivity contribution in [2.24, 2.45) is 5.73 Å². The van der Waals surface area contributed by atoms with Gasteiger partial charge >= 0.3 is 0 Å². The first-order valence-corrected chi connectivity index (χ1v) is 11.5. The van der Waals surface area contributed by atoms with Gasteiger partial charge in [-0.15, -0.1) is 0 Å². The average molecular weight is 453 g/mol. The SMILES string of the molecule is COc1cc(F)ccc1C(=O)N1CCCCC1c1cc2nc(N3CCC(N)C3)c(C)cn2n1. The summed E-state index contributed by atoms with van der Waals surface area (Å²) in [6.45, 7) is 4.34. The molecule has 2 N–H and O–H groups in total. The number of benzene rings is 1. The summed E-state index contributed by atoms with van der Waals surface area (Å²) < 4.78 is 20.7. The highest BCUT2D eigenvalue weighted by Crippen LogP contribution is 2.34. The first-order valence-electron chi connectivity index (χ1n) is 11.5. The number of carbonyl (C=O) groups excluding carboxylic acids is 1. The summed E-state index contributed by atoms with van der Waals surface area (Å²) in [6.07, 6.45) is 5.68. The third kappa shape index (κ3) is 4.01. The number of nitrogens with two attached hydrogens (primary N) is 1. The molecule has 5 rings (SSSR count). The fourth-order valence-corrected chi connectivity index (χ4v) is 4.96. The topological polar surface area (TPSA) is 89.0 Å². The van der Waals surface area contributed by atoms with E-state index in [4.69, 9.17) is 20.6 Å². The van der Waals surface area contributed by atoms with E-state index in [0.29, 0.717) is 12.1 Å². The molecule has 2 aliphatic heterocycles. The lowest BCUT2D eigenvalue weighted by atomic mass is 9.98. The van der Waals surface area contributed by atoms with Gasteiger partial charge in [0, 0.05) is 49.6 Å². The molecule has 0 radical (unpaired) electrons. The summed E-state index contributed by atoms with van der Waals surface area (Å²) in [5.41, 5.74) is 9.06. The van der Waals surface area contributed by atoms with Crippen molar-refractivity contribution < 1.29 is 13.9 Å². The lowest BCUT2D eigenvalue weighted by molar-refractivity contribution is 0.0602. The Kier molecular flexibility index (Phi) is 5.65. The minimum atomic E-state index is -0.435. The molecule has 2 atom stereocenters. The van der Waals surface area contributed by atoms with E-state index >= 15 is 0 Å². The lowest BCUT2D eigenvalue weighted by Crippen LogP contribution is -2.38. The molecule has 2 fully saturated rings. The van der Waals surface area contributed by atoms with Crippen LogP contribution in [0.25, 0.3) is 5.65 Å². The number of likely N-dealkylation sites (tertiary alicyclic amines) is 1. The van der Waals surface area contributed by atoms with Gasteiger partial charge < -0.3 is 20.3 Å². The number of halogens is 1. The number of ether oxygens (including phenoxy) is 1. The van der Waals surface area contributed by atoms with Crippen molar-refractivity contribution in [2.75, 3.05) is 31.6 Å². The number of nitrogens with zero attached hydrogens (tertiary/aromatic N) is 5. The van der Waals surface area contributed by atoms with Crippen LogP contribution >= 0.6 is 0 Å². The Labute approximate surface area is 192 Å². The Balaban J connectivity index is 1.48. The van der Waals surface area contributed by atoms with E-state index in [-0.39, 0.29) is 23.7 Å². The van der Waals surface area contributed by atoms with Crippen LogP contribution in [0.15, 0.2) is 30.5 Å². The summed E-state index contributed by atoms with van der Waals surface area (Å²) in [7, 11) is 1.44. The Bertz CT molecular complexity index is 1200. The van der Waals surface area contributed by atoms with Crippen LogP contribution in [-0.4, -0.2) is 58.2 Å². The Morgan fingerprint density at radius 3 is 2.82 bits per heavy atom. The van der Waals surface area contributed by atoms with Crippen LogP contribution in [0.1, 0.15) is 53.3 Å². The van der Waals surface area contributed by atoms with Crippen molar-refractivity contribution in [2.45, 2.75) is 44.7 Å². The zero-order valence-electron chi connectivity index (χ0n) is 19.0. The van der Waals surface area contributed by atoms with E-state index in [2.05, 4.69) is 4.90 Å². The van der Waals surface area contributed by atoms with Crippen LogP contribution < -0.4 is 15.4 Å². The van der Waals surface area contributed by atoms with Crippen molar-refractivity contribution in [3.8, 4) is 5.75 Å². The lowest BCUT2D eigenvalue weighted by Gasteiger charge is -2.35. The summed E-state index contributed by atoms with van der Waals surface area (Å²) >= 11 is 0. The minimum Gasteiger partial charge on any atom is -0.496 e. The molecule has 174 valence electrons. The largest absolute Gasteiger partial charge is 0.496 e. The van der Waals surface area contributed by atoms with Gasteiger partial charge in [0.05, 0.1) is 24.4 Å². The number of rotatable bonds is 4. The van der Waals surface area contributed by atoms with Crippen LogP contribution in [0.4, 0.5) is 10.2 Å². The molecular formula is C24H29FN6O2. The fourth-order valence-electron chi connectivity index (χ4n) is 4.96. The molecule has 2 unspecified atom stereocenters. The van der Waals surface area contributed by atoms with E-state index < -0.39 is 5.82 Å². The van der Waals surface area contributed by atoms with Crippen molar-refractivity contribution in [3.63, 3.8) is 0 Å². The quantitative estimate of drug-likeness (QED) is 0.654. The van der Waals surface area contributed by atoms with Gasteiger partial charge in [-0.3, -0.25) is 4.79 Å². The number of aromatic nitrogens is 3. The highest BCUT2D eigenvalue weighted by Gasteiger charge is 2.32. The molecule has 0 bridgehead atoms. The maximum absolute atomic E-state index is 13.7. The second-order valence-electron chi connectivity index (χ2n) is 8.97. The van der Waals surface area contributed by atoms with E-state index in [9.17, 15) is 9.18 Å². The fraction of sp³-hybridized carbons (Fsp3) is 0.458. The zero-order valence-corrected chi connectivity index (χ0v) is 19.0. The highest BCUT2D eigenvalue weighted by atomic mass is 19.1. The van der Waals surface area contributed by atoms with Crippen molar-refractivity contribution in [1.29, 1.82) is 0 Å². The van der Waals surface area contributed by atoms with Gasteiger partial charge in [0.1, 0.15) is 17.4 Å². The van der Waals surface area contributed by atoms with E-state index in [1.807, 2.05) is 24.1 Å². The maximum atomic E-state index is 13.7. The van der Waals surface area contributed by atoms with Gasteiger partial charge in [0.2, 0.25) is 0 Å². The number of carbonyl (C=O) groups is 1. The number of amides is 1. The van der Waals surface area contributed by atoms with E-state index in [1.165, 1.54) is 25.3 Å². The second-order valence-corrected chi connectivity index (χ2v) is 8.97. The van der Waals surface area contributed by atoms with Crippen LogP contribution in [0.5, 0.6) is 5.75 Å². The monoisotopic (exact) mass is 452 g/mol. The molecule has 4 heterocycles. The number of hydrogen-bond acceptors (Lipinski definition) is 6. The molecule has 33 heavy (non-hydrogen) atoms. The molecule has 2 saturated heterocycles. The Morgan fingerprint density at radius 1 is 1.21 bits per heavy atom. The summed E-state index contributed by atoms with van der Waals surface area (Å²) in [6, 6.07) is 5.99. The van der Waals surface area contributed by atoms with E-state index in [0.717, 1.165) is 61.5 Å². The smallest absolute Gasteiger partial charge is 0.258 e. The van der Waals surface area contributed by atoms with Crippen LogP contribution in [0.2, 0.25) is 0 Å². The van der Waals surface area contributed by atoms with Gasteiger partial charge in [0.15, 0.2) is 5.65 Å². The molecule has 1 amide bonds. The molecule has 0 aliphatic carbocycles. The number of anilines is 1. The molecule has 9 heteroatoms. The first-order chi connectivity index (χ1) is 15.9. The molecule has 2 aromatic heterocycles. The van der Waals surface area contributed by atoms with Gasteiger partial charge in [-0.25, -0.2) is 13.9 Å². The molecule has 1 aromatic carbocycles. The van der Waals surface area contributed by atoms with Crippen LogP contribution in [-0.2, 0) is 0 Å². The normalized spacial score (nSPS) is 21.1.